The van der Waals surface area contributed by atoms with Gasteiger partial charge in [0.05, 0.1) is 0 Å². The molecule has 1 amide bonds. The van der Waals surface area contributed by atoms with Gasteiger partial charge in [-0.2, -0.15) is 0 Å². The van der Waals surface area contributed by atoms with E-state index in [2.05, 4.69) is 16.3 Å². The molecule has 1 aliphatic rings. The first-order chi connectivity index (χ1) is 10.0. The van der Waals surface area contributed by atoms with Crippen LogP contribution >= 0.6 is 0 Å². The zero-order valence-corrected chi connectivity index (χ0v) is 12.8. The number of nitrogens with one attached hydrogen (secondary N) is 1. The van der Waals surface area contributed by atoms with Crippen molar-refractivity contribution in [3.8, 4) is 5.75 Å². The number of aliphatic hydroxyl groups excluding tert-OH is 1. The smallest absolute Gasteiger partial charge is 0.221 e. The highest BCUT2D eigenvalue weighted by molar-refractivity contribution is 5.76. The van der Waals surface area contributed by atoms with Crippen molar-refractivity contribution >= 4 is 5.91 Å². The second-order valence-corrected chi connectivity index (χ2v) is 5.69. The number of ether oxygens (including phenoxy) is 1. The summed E-state index contributed by atoms with van der Waals surface area (Å²) in [5.41, 5.74) is 2.30. The van der Waals surface area contributed by atoms with Crippen LogP contribution in [0.25, 0.3) is 0 Å². The summed E-state index contributed by atoms with van der Waals surface area (Å²) in [6.45, 7) is 6.94. The van der Waals surface area contributed by atoms with E-state index in [-0.39, 0.29) is 12.5 Å². The number of amides is 1. The van der Waals surface area contributed by atoms with Crippen LogP contribution < -0.4 is 10.1 Å². The maximum atomic E-state index is 11.3. The fourth-order valence-electron chi connectivity index (χ4n) is 2.56. The number of benzene rings is 1. The molecule has 5 nitrogen and oxygen atoms in total. The Morgan fingerprint density at radius 1 is 1.29 bits per heavy atom. The number of hydrogen-bond acceptors (Lipinski definition) is 4. The largest absolute Gasteiger partial charge is 0.491 e. The maximum Gasteiger partial charge on any atom is 0.221 e. The van der Waals surface area contributed by atoms with Crippen molar-refractivity contribution in [3.05, 3.63) is 29.3 Å². The Bertz CT molecular complexity index is 470. The van der Waals surface area contributed by atoms with Gasteiger partial charge >= 0.3 is 0 Å². The third-order valence-corrected chi connectivity index (χ3v) is 3.51. The predicted molar refractivity (Wildman–Crippen MR) is 81.5 cm³/mol. The van der Waals surface area contributed by atoms with Crippen LogP contribution in [0.1, 0.15) is 17.5 Å². The standard InChI is InChI=1S/C16H24N2O3/c1-12-7-13(2)9-15(8-12)21-11-14(19)10-18-5-3-16(20)17-4-6-18/h7-9,14,19H,3-6,10-11H2,1-2H3,(H,17,20). The number of β-amino-alcohol motifs (C(OH)–C–C–N with tert-alkyl or cyclic N) is 1. The molecule has 0 spiro atoms. The second kappa shape index (κ2) is 7.43. The molecule has 21 heavy (non-hydrogen) atoms. The molecule has 116 valence electrons. The van der Waals surface area contributed by atoms with Gasteiger partial charge in [0.15, 0.2) is 0 Å². The molecule has 1 aliphatic heterocycles. The van der Waals surface area contributed by atoms with Crippen LogP contribution in [0.3, 0.4) is 0 Å². The first-order valence-electron chi connectivity index (χ1n) is 7.41. The van der Waals surface area contributed by atoms with Gasteiger partial charge in [-0.15, -0.1) is 0 Å². The highest BCUT2D eigenvalue weighted by atomic mass is 16.5. The summed E-state index contributed by atoms with van der Waals surface area (Å²) >= 11 is 0. The summed E-state index contributed by atoms with van der Waals surface area (Å²) in [4.78, 5) is 13.4. The third kappa shape index (κ3) is 5.36. The monoisotopic (exact) mass is 292 g/mol. The van der Waals surface area contributed by atoms with Crippen molar-refractivity contribution in [1.29, 1.82) is 0 Å². The molecular weight excluding hydrogens is 268 g/mol. The maximum absolute atomic E-state index is 11.3. The molecular formula is C16H24N2O3. The van der Waals surface area contributed by atoms with Crippen molar-refractivity contribution in [1.82, 2.24) is 10.2 Å². The molecule has 1 unspecified atom stereocenters. The SMILES string of the molecule is Cc1cc(C)cc(OCC(O)CN2CCNC(=O)CC2)c1. The number of nitrogens with zero attached hydrogens (tertiary/aromatic N) is 1. The molecule has 1 fully saturated rings. The lowest BCUT2D eigenvalue weighted by molar-refractivity contribution is -0.120. The number of carbonyl (C=O) groups excluding carboxylic acids is 1. The average Bonchev–Trinajstić information content (AvgIpc) is 2.60. The molecule has 1 aromatic carbocycles. The topological polar surface area (TPSA) is 61.8 Å². The van der Waals surface area contributed by atoms with Gasteiger partial charge < -0.3 is 15.2 Å². The van der Waals surface area contributed by atoms with Gasteiger partial charge in [0.1, 0.15) is 18.5 Å². The molecule has 1 saturated heterocycles. The highest BCUT2D eigenvalue weighted by Gasteiger charge is 2.16. The Balaban J connectivity index is 1.78. The van der Waals surface area contributed by atoms with Crippen LogP contribution in [0.4, 0.5) is 0 Å². The molecule has 5 heteroatoms. The minimum absolute atomic E-state index is 0.0819. The zero-order chi connectivity index (χ0) is 15.2. The molecule has 1 aromatic rings. The van der Waals surface area contributed by atoms with Gasteiger partial charge in [-0.25, -0.2) is 0 Å². The molecule has 0 radical (unpaired) electrons. The molecule has 0 saturated carbocycles. The van der Waals surface area contributed by atoms with Gasteiger partial charge in [-0.05, 0) is 37.1 Å². The van der Waals surface area contributed by atoms with E-state index in [1.807, 2.05) is 26.0 Å². The quantitative estimate of drug-likeness (QED) is 0.845. The van der Waals surface area contributed by atoms with Crippen LogP contribution in [-0.2, 0) is 4.79 Å². The average molecular weight is 292 g/mol. The van der Waals surface area contributed by atoms with Crippen LogP contribution in [0, 0.1) is 13.8 Å². The number of rotatable bonds is 5. The second-order valence-electron chi connectivity index (χ2n) is 5.69. The van der Waals surface area contributed by atoms with Crippen molar-refractivity contribution in [2.24, 2.45) is 0 Å². The van der Waals surface area contributed by atoms with E-state index in [0.717, 1.165) is 23.4 Å². The van der Waals surface area contributed by atoms with E-state index in [9.17, 15) is 9.90 Å². The van der Waals surface area contributed by atoms with Gasteiger partial charge in [-0.3, -0.25) is 9.69 Å². The molecule has 2 rings (SSSR count). The van der Waals surface area contributed by atoms with Gasteiger partial charge in [0.25, 0.3) is 0 Å². The first-order valence-corrected chi connectivity index (χ1v) is 7.41. The van der Waals surface area contributed by atoms with Crippen LogP contribution in [0.2, 0.25) is 0 Å². The van der Waals surface area contributed by atoms with E-state index in [1.165, 1.54) is 0 Å². The summed E-state index contributed by atoms with van der Waals surface area (Å²) < 4.78 is 5.66. The van der Waals surface area contributed by atoms with Crippen molar-refractivity contribution in [2.45, 2.75) is 26.4 Å². The Labute approximate surface area is 125 Å². The van der Waals surface area contributed by atoms with E-state index >= 15 is 0 Å². The molecule has 1 atom stereocenters. The summed E-state index contributed by atoms with van der Waals surface area (Å²) in [7, 11) is 0. The number of aliphatic hydroxyl groups is 1. The van der Waals surface area contributed by atoms with E-state index < -0.39 is 6.10 Å². The molecule has 0 aliphatic carbocycles. The Morgan fingerprint density at radius 2 is 2.00 bits per heavy atom. The Hall–Kier alpha value is -1.59. The van der Waals surface area contributed by atoms with E-state index in [4.69, 9.17) is 4.74 Å². The van der Waals surface area contributed by atoms with E-state index in [1.54, 1.807) is 0 Å². The summed E-state index contributed by atoms with van der Waals surface area (Å²) in [5, 5.41) is 12.9. The van der Waals surface area contributed by atoms with Gasteiger partial charge in [0, 0.05) is 32.6 Å². The minimum Gasteiger partial charge on any atom is -0.491 e. The lowest BCUT2D eigenvalue weighted by Gasteiger charge is -2.22. The van der Waals surface area contributed by atoms with Crippen LogP contribution in [0.15, 0.2) is 18.2 Å². The summed E-state index contributed by atoms with van der Waals surface area (Å²) in [5.74, 6) is 0.873. The fraction of sp³-hybridized carbons (Fsp3) is 0.562. The lowest BCUT2D eigenvalue weighted by atomic mass is 10.1. The van der Waals surface area contributed by atoms with Gasteiger partial charge in [0.2, 0.25) is 5.91 Å². The fourth-order valence-corrected chi connectivity index (χ4v) is 2.56. The first kappa shape index (κ1) is 15.8. The van der Waals surface area contributed by atoms with Crippen molar-refractivity contribution < 1.29 is 14.6 Å². The Kier molecular flexibility index (Phi) is 5.59. The number of aryl methyl sites for hydroxylation is 2. The zero-order valence-electron chi connectivity index (χ0n) is 12.8. The normalized spacial score (nSPS) is 18.0. The van der Waals surface area contributed by atoms with Crippen molar-refractivity contribution in [2.75, 3.05) is 32.8 Å². The summed E-state index contributed by atoms with van der Waals surface area (Å²) in [6.07, 6.45) is -0.0657. The molecule has 1 heterocycles. The van der Waals surface area contributed by atoms with E-state index in [0.29, 0.717) is 26.1 Å². The van der Waals surface area contributed by atoms with Crippen molar-refractivity contribution in [3.63, 3.8) is 0 Å². The third-order valence-electron chi connectivity index (χ3n) is 3.51. The van der Waals surface area contributed by atoms with Crippen LogP contribution in [-0.4, -0.2) is 54.8 Å². The molecule has 0 aromatic heterocycles. The lowest BCUT2D eigenvalue weighted by Crippen LogP contribution is -2.37. The van der Waals surface area contributed by atoms with Gasteiger partial charge in [-0.1, -0.05) is 6.07 Å². The number of hydrogen-bond donors (Lipinski definition) is 2. The molecule has 2 N–H and O–H groups in total. The minimum atomic E-state index is -0.556. The Morgan fingerprint density at radius 3 is 2.71 bits per heavy atom. The predicted octanol–water partition coefficient (Wildman–Crippen LogP) is 0.865. The molecule has 0 bridgehead atoms. The highest BCUT2D eigenvalue weighted by Crippen LogP contribution is 2.16. The summed E-state index contributed by atoms with van der Waals surface area (Å²) in [6, 6.07) is 6.02. The number of carbonyl (C=O) groups is 1. The van der Waals surface area contributed by atoms with Crippen LogP contribution in [0.5, 0.6) is 5.75 Å².